The van der Waals surface area contributed by atoms with Crippen LogP contribution in [-0.2, 0) is 4.79 Å². The van der Waals surface area contributed by atoms with Gasteiger partial charge in [-0.15, -0.1) is 0 Å². The van der Waals surface area contributed by atoms with Crippen molar-refractivity contribution in [2.24, 2.45) is 4.99 Å². The number of carboxylic acids is 1. The first kappa shape index (κ1) is 9.23. The van der Waals surface area contributed by atoms with Gasteiger partial charge in [0.1, 0.15) is 0 Å². The lowest BCUT2D eigenvalue weighted by atomic mass is 10.1. The summed E-state index contributed by atoms with van der Waals surface area (Å²) in [6, 6.07) is 0. The van der Waals surface area contributed by atoms with Crippen LogP contribution >= 0.6 is 0 Å². The van der Waals surface area contributed by atoms with E-state index in [1.54, 1.807) is 6.21 Å². The highest BCUT2D eigenvalue weighted by atomic mass is 16.4. The van der Waals surface area contributed by atoms with Gasteiger partial charge in [0.25, 0.3) is 0 Å². The SMILES string of the molecule is O=C(O)CCN=C[C]1[CH][CH][CH][CH]1. The summed E-state index contributed by atoms with van der Waals surface area (Å²) in [5.41, 5.74) is 0. The molecule has 0 aliphatic heterocycles. The zero-order chi connectivity index (χ0) is 8.81. The van der Waals surface area contributed by atoms with E-state index in [1.165, 1.54) is 0 Å². The van der Waals surface area contributed by atoms with Gasteiger partial charge in [0, 0.05) is 18.7 Å². The monoisotopic (exact) mass is 164 g/mol. The van der Waals surface area contributed by atoms with Crippen molar-refractivity contribution in [2.75, 3.05) is 6.54 Å². The number of aliphatic imine (C=N–C) groups is 1. The Bertz CT molecular complexity index is 171. The standard InChI is InChI=1S/C9H10NO2/c11-9(12)5-6-10-7-8-3-1-2-4-8/h1-4,7H,5-6H2,(H,11,12). The molecule has 0 aromatic rings. The lowest BCUT2D eigenvalue weighted by Gasteiger charge is -1.96. The molecule has 0 heterocycles. The minimum absolute atomic E-state index is 0.0945. The largest absolute Gasteiger partial charge is 0.481 e. The first-order valence-corrected chi connectivity index (χ1v) is 3.72. The predicted molar refractivity (Wildman–Crippen MR) is 46.1 cm³/mol. The summed E-state index contributed by atoms with van der Waals surface area (Å²) in [6.45, 7) is 0.348. The molecular formula is C9H10NO2. The average Bonchev–Trinajstić information content (AvgIpc) is 2.49. The van der Waals surface area contributed by atoms with Gasteiger partial charge in [0.15, 0.2) is 0 Å². The molecule has 1 saturated carbocycles. The van der Waals surface area contributed by atoms with Crippen LogP contribution in [0.4, 0.5) is 0 Å². The van der Waals surface area contributed by atoms with Gasteiger partial charge in [-0.1, -0.05) is 0 Å². The molecule has 3 heteroatoms. The van der Waals surface area contributed by atoms with Gasteiger partial charge in [0.2, 0.25) is 0 Å². The summed E-state index contributed by atoms with van der Waals surface area (Å²) in [5, 5.41) is 8.30. The van der Waals surface area contributed by atoms with Crippen LogP contribution in [0, 0.1) is 31.6 Å². The van der Waals surface area contributed by atoms with Crippen LogP contribution in [-0.4, -0.2) is 23.8 Å². The fourth-order valence-corrected chi connectivity index (χ4v) is 0.805. The number of hydrogen-bond acceptors (Lipinski definition) is 2. The predicted octanol–water partition coefficient (Wildman–Crippen LogP) is 0.937. The van der Waals surface area contributed by atoms with Gasteiger partial charge >= 0.3 is 5.97 Å². The van der Waals surface area contributed by atoms with E-state index in [0.29, 0.717) is 6.54 Å². The number of carbonyl (C=O) groups is 1. The van der Waals surface area contributed by atoms with E-state index in [9.17, 15) is 4.79 Å². The normalized spacial score (nSPS) is 19.0. The highest BCUT2D eigenvalue weighted by Crippen LogP contribution is 2.20. The molecule has 1 fully saturated rings. The molecule has 1 aliphatic rings. The molecule has 63 valence electrons. The maximum atomic E-state index is 10.1. The van der Waals surface area contributed by atoms with E-state index >= 15 is 0 Å². The van der Waals surface area contributed by atoms with Crippen molar-refractivity contribution in [1.29, 1.82) is 0 Å². The Kier molecular flexibility index (Phi) is 3.77. The number of aliphatic carboxylic acids is 1. The molecule has 0 spiro atoms. The molecule has 1 aliphatic carbocycles. The zero-order valence-corrected chi connectivity index (χ0v) is 6.60. The highest BCUT2D eigenvalue weighted by molar-refractivity contribution is 5.82. The lowest BCUT2D eigenvalue weighted by molar-refractivity contribution is -0.136. The maximum absolute atomic E-state index is 10.1. The van der Waals surface area contributed by atoms with E-state index in [-0.39, 0.29) is 6.42 Å². The molecule has 3 nitrogen and oxygen atoms in total. The fraction of sp³-hybridized carbons (Fsp3) is 0.222. The quantitative estimate of drug-likeness (QED) is 0.628. The van der Waals surface area contributed by atoms with E-state index in [1.807, 2.05) is 25.7 Å². The van der Waals surface area contributed by atoms with Crippen LogP contribution in [0.15, 0.2) is 4.99 Å². The Labute approximate surface area is 72.5 Å². The minimum atomic E-state index is -0.811. The number of nitrogens with zero attached hydrogens (tertiary/aromatic N) is 1. The molecule has 0 bridgehead atoms. The zero-order valence-electron chi connectivity index (χ0n) is 6.60. The second kappa shape index (κ2) is 4.91. The summed E-state index contributed by atoms with van der Waals surface area (Å²) in [4.78, 5) is 14.0. The third kappa shape index (κ3) is 3.51. The first-order chi connectivity index (χ1) is 5.79. The van der Waals surface area contributed by atoms with E-state index < -0.39 is 5.97 Å². The highest BCUT2D eigenvalue weighted by Gasteiger charge is 2.13. The third-order valence-electron chi connectivity index (χ3n) is 1.38. The smallest absolute Gasteiger partial charge is 0.305 e. The molecule has 0 amide bonds. The molecule has 0 saturated heterocycles. The van der Waals surface area contributed by atoms with Crippen LogP contribution < -0.4 is 0 Å². The van der Waals surface area contributed by atoms with Gasteiger partial charge < -0.3 is 5.11 Å². The number of rotatable bonds is 4. The average molecular weight is 164 g/mol. The summed E-state index contributed by atoms with van der Waals surface area (Å²) < 4.78 is 0. The molecule has 12 heavy (non-hydrogen) atoms. The summed E-state index contributed by atoms with van der Waals surface area (Å²) >= 11 is 0. The van der Waals surface area contributed by atoms with Crippen LogP contribution in [0.5, 0.6) is 0 Å². The second-order valence-corrected chi connectivity index (χ2v) is 2.40. The fourth-order valence-electron chi connectivity index (χ4n) is 0.805. The molecule has 5 radical (unpaired) electrons. The Morgan fingerprint density at radius 3 is 2.75 bits per heavy atom. The minimum Gasteiger partial charge on any atom is -0.481 e. The van der Waals surface area contributed by atoms with Crippen LogP contribution in [0.3, 0.4) is 0 Å². The van der Waals surface area contributed by atoms with Gasteiger partial charge in [-0.25, -0.2) is 0 Å². The topological polar surface area (TPSA) is 49.7 Å². The first-order valence-electron chi connectivity index (χ1n) is 3.72. The van der Waals surface area contributed by atoms with Crippen molar-refractivity contribution < 1.29 is 9.90 Å². The maximum Gasteiger partial charge on any atom is 0.305 e. The summed E-state index contributed by atoms with van der Waals surface area (Å²) in [5.74, 6) is 0.204. The lowest BCUT2D eigenvalue weighted by Crippen LogP contribution is -1.99. The number of carboxylic acid groups (broad SMARTS) is 1. The second-order valence-electron chi connectivity index (χ2n) is 2.40. The van der Waals surface area contributed by atoms with Crippen LogP contribution in [0.2, 0.25) is 0 Å². The Morgan fingerprint density at radius 1 is 1.50 bits per heavy atom. The van der Waals surface area contributed by atoms with Crippen LogP contribution in [0.1, 0.15) is 6.42 Å². The van der Waals surface area contributed by atoms with Crippen molar-refractivity contribution in [3.05, 3.63) is 31.6 Å². The molecular weight excluding hydrogens is 154 g/mol. The van der Waals surface area contributed by atoms with E-state index in [4.69, 9.17) is 5.11 Å². The van der Waals surface area contributed by atoms with Crippen LogP contribution in [0.25, 0.3) is 0 Å². The molecule has 0 unspecified atom stereocenters. The Hall–Kier alpha value is -0.860. The van der Waals surface area contributed by atoms with Gasteiger partial charge in [-0.05, 0) is 25.7 Å². The molecule has 0 aromatic carbocycles. The molecule has 0 aromatic heterocycles. The summed E-state index contributed by atoms with van der Waals surface area (Å²) in [6.07, 6.45) is 9.45. The molecule has 0 atom stereocenters. The van der Waals surface area contributed by atoms with E-state index in [2.05, 4.69) is 4.99 Å². The van der Waals surface area contributed by atoms with E-state index in [0.717, 1.165) is 5.92 Å². The van der Waals surface area contributed by atoms with Gasteiger partial charge in [0.05, 0.1) is 6.42 Å². The molecule has 1 N–H and O–H groups in total. The van der Waals surface area contributed by atoms with Crippen molar-refractivity contribution in [1.82, 2.24) is 0 Å². The molecule has 1 rings (SSSR count). The van der Waals surface area contributed by atoms with Crippen molar-refractivity contribution >= 4 is 12.2 Å². The third-order valence-corrected chi connectivity index (χ3v) is 1.38. The Morgan fingerprint density at radius 2 is 2.17 bits per heavy atom. The van der Waals surface area contributed by atoms with Crippen molar-refractivity contribution in [3.8, 4) is 0 Å². The van der Waals surface area contributed by atoms with Crippen molar-refractivity contribution in [3.63, 3.8) is 0 Å². The Balaban J connectivity index is 2.08. The summed E-state index contributed by atoms with van der Waals surface area (Å²) in [7, 11) is 0. The van der Waals surface area contributed by atoms with Gasteiger partial charge in [-0.3, -0.25) is 9.79 Å². The van der Waals surface area contributed by atoms with Crippen molar-refractivity contribution in [2.45, 2.75) is 6.42 Å². The number of hydrogen-bond donors (Lipinski definition) is 1. The van der Waals surface area contributed by atoms with Gasteiger partial charge in [-0.2, -0.15) is 0 Å².